The van der Waals surface area contributed by atoms with Crippen molar-refractivity contribution in [1.82, 2.24) is 14.6 Å². The molecule has 1 saturated heterocycles. The number of cyclic esters (lactones) is 1. The van der Waals surface area contributed by atoms with Crippen molar-refractivity contribution in [3.8, 4) is 11.6 Å². The first-order valence-corrected chi connectivity index (χ1v) is 16.5. The van der Waals surface area contributed by atoms with Crippen LogP contribution in [0.25, 0.3) is 10.8 Å². The zero-order chi connectivity index (χ0) is 30.4. The third-order valence-electron chi connectivity index (χ3n) is 8.75. The second kappa shape index (κ2) is 11.6. The average Bonchev–Trinajstić information content (AvgIpc) is 3.89. The van der Waals surface area contributed by atoms with Crippen molar-refractivity contribution >= 4 is 50.2 Å². The van der Waals surface area contributed by atoms with Crippen molar-refractivity contribution in [2.75, 3.05) is 20.3 Å². The fourth-order valence-electron chi connectivity index (χ4n) is 6.06. The Morgan fingerprint density at radius 1 is 1.21 bits per heavy atom. The van der Waals surface area contributed by atoms with E-state index < -0.39 is 44.8 Å². The molecule has 2 amide bonds. The number of rotatable bonds is 6. The Labute approximate surface area is 254 Å². The topological polar surface area (TPSA) is 141 Å². The fourth-order valence-corrected chi connectivity index (χ4v) is 7.64. The predicted octanol–water partition coefficient (Wildman–Crippen LogP) is 4.17. The smallest absolute Gasteiger partial charge is 0.410 e. The summed E-state index contributed by atoms with van der Waals surface area (Å²) in [5.74, 6) is -0.359. The van der Waals surface area contributed by atoms with Gasteiger partial charge in [0, 0.05) is 18.2 Å². The van der Waals surface area contributed by atoms with Gasteiger partial charge in [-0.05, 0) is 74.1 Å². The number of hydrogen-bond donors (Lipinski definition) is 1. The number of sulfonamides is 1. The van der Waals surface area contributed by atoms with Crippen LogP contribution in [-0.4, -0.2) is 73.7 Å². The molecule has 1 aromatic heterocycles. The van der Waals surface area contributed by atoms with E-state index in [0.717, 1.165) is 18.2 Å². The van der Waals surface area contributed by atoms with Crippen LogP contribution in [0, 0.1) is 11.3 Å². The molecular weight excluding hydrogens is 598 g/mol. The Kier molecular flexibility index (Phi) is 8.01. The number of amides is 2. The monoisotopic (exact) mass is 631 g/mol. The molecule has 4 aliphatic rings. The lowest BCUT2D eigenvalue weighted by Gasteiger charge is -2.25. The van der Waals surface area contributed by atoms with Gasteiger partial charge in [-0.2, -0.15) is 0 Å². The summed E-state index contributed by atoms with van der Waals surface area (Å²) in [5, 5.41) is 1.09. The van der Waals surface area contributed by atoms with Gasteiger partial charge in [0.2, 0.25) is 21.8 Å². The molecular formula is C30H34ClN3O8S. The number of carbonyl (C=O) groups is 3. The molecule has 0 unspecified atom stereocenters. The summed E-state index contributed by atoms with van der Waals surface area (Å²) in [6.07, 6.45) is 6.11. The van der Waals surface area contributed by atoms with Gasteiger partial charge in [-0.15, -0.1) is 0 Å². The lowest BCUT2D eigenvalue weighted by atomic mass is 9.91. The number of fused-ring (bicyclic) bond motifs is 3. The van der Waals surface area contributed by atoms with Crippen molar-refractivity contribution in [3.05, 3.63) is 41.6 Å². The number of allylic oxidation sites excluding steroid dienone is 2. The number of benzene rings is 1. The van der Waals surface area contributed by atoms with Gasteiger partial charge in [-0.25, -0.2) is 18.2 Å². The summed E-state index contributed by atoms with van der Waals surface area (Å²) in [5.41, 5.74) is -1.18. The normalized spacial score (nSPS) is 28.7. The van der Waals surface area contributed by atoms with Gasteiger partial charge in [0.1, 0.15) is 17.0 Å². The SMILES string of the molecule is COc1ccc2c(O[C@@H]3C[C@H]4C(=O)C[C@]5(C(=O)NS(=O)(=O)C6CC6)C[C@H]5/C=C\CCCCOC(=O)N4C3)nc(Cl)cc2c1. The van der Waals surface area contributed by atoms with Gasteiger partial charge in [0.15, 0.2) is 5.78 Å². The van der Waals surface area contributed by atoms with Crippen LogP contribution in [0.3, 0.4) is 0 Å². The van der Waals surface area contributed by atoms with Crippen molar-refractivity contribution < 1.29 is 37.0 Å². The lowest BCUT2D eigenvalue weighted by molar-refractivity contribution is -0.131. The van der Waals surface area contributed by atoms with Gasteiger partial charge < -0.3 is 14.2 Å². The summed E-state index contributed by atoms with van der Waals surface area (Å²) < 4.78 is 44.6. The number of nitrogens with zero attached hydrogens (tertiary/aromatic N) is 2. The van der Waals surface area contributed by atoms with Crippen LogP contribution < -0.4 is 14.2 Å². The fraction of sp³-hybridized carbons (Fsp3) is 0.533. The summed E-state index contributed by atoms with van der Waals surface area (Å²) in [6.45, 7) is 0.284. The molecule has 13 heteroatoms. The summed E-state index contributed by atoms with van der Waals surface area (Å²) in [7, 11) is -2.22. The number of carbonyl (C=O) groups excluding carboxylic acids is 3. The van der Waals surface area contributed by atoms with Crippen LogP contribution >= 0.6 is 11.6 Å². The maximum atomic E-state index is 13.9. The highest BCUT2D eigenvalue weighted by Gasteiger charge is 2.61. The zero-order valence-corrected chi connectivity index (χ0v) is 25.4. The maximum Gasteiger partial charge on any atom is 0.410 e. The number of nitrogens with one attached hydrogen (secondary N) is 1. The minimum atomic E-state index is -3.79. The molecule has 4 atom stereocenters. The van der Waals surface area contributed by atoms with E-state index in [9.17, 15) is 22.8 Å². The zero-order valence-electron chi connectivity index (χ0n) is 23.8. The van der Waals surface area contributed by atoms with Crippen molar-refractivity contribution in [1.29, 1.82) is 0 Å². The molecule has 3 heterocycles. The number of Topliss-reactive ketones (excluding diaryl/α,β-unsaturated/α-hetero) is 1. The van der Waals surface area contributed by atoms with Gasteiger partial charge in [0.05, 0.1) is 37.0 Å². The molecule has 2 aliphatic heterocycles. The molecule has 1 N–H and O–H groups in total. The van der Waals surface area contributed by atoms with Crippen LogP contribution in [0.5, 0.6) is 11.6 Å². The van der Waals surface area contributed by atoms with Crippen LogP contribution in [0.1, 0.15) is 51.4 Å². The van der Waals surface area contributed by atoms with Crippen LogP contribution in [0.2, 0.25) is 5.15 Å². The minimum absolute atomic E-state index is 0.0691. The summed E-state index contributed by atoms with van der Waals surface area (Å²) in [4.78, 5) is 46.2. The molecule has 43 heavy (non-hydrogen) atoms. The van der Waals surface area contributed by atoms with Gasteiger partial charge in [0.25, 0.3) is 0 Å². The molecule has 11 nitrogen and oxygen atoms in total. The van der Waals surface area contributed by atoms with E-state index in [1.54, 1.807) is 31.4 Å². The summed E-state index contributed by atoms with van der Waals surface area (Å²) in [6, 6.07) is 6.16. The van der Waals surface area contributed by atoms with Gasteiger partial charge in [-0.1, -0.05) is 23.8 Å². The average molecular weight is 632 g/mol. The van der Waals surface area contributed by atoms with E-state index in [-0.39, 0.29) is 48.7 Å². The third-order valence-corrected chi connectivity index (χ3v) is 10.8. The second-order valence-corrected chi connectivity index (χ2v) is 14.2. The first kappa shape index (κ1) is 29.7. The third kappa shape index (κ3) is 6.17. The number of ketones is 1. The number of ether oxygens (including phenoxy) is 3. The van der Waals surface area contributed by atoms with Gasteiger partial charge in [-0.3, -0.25) is 19.2 Å². The highest BCUT2D eigenvalue weighted by atomic mass is 35.5. The molecule has 6 rings (SSSR count). The van der Waals surface area contributed by atoms with E-state index in [0.29, 0.717) is 36.8 Å². The molecule has 2 aromatic rings. The van der Waals surface area contributed by atoms with Crippen LogP contribution in [0.15, 0.2) is 36.4 Å². The molecule has 0 spiro atoms. The van der Waals surface area contributed by atoms with Crippen LogP contribution in [0.4, 0.5) is 4.79 Å². The van der Waals surface area contributed by atoms with Crippen molar-refractivity contribution in [2.24, 2.45) is 11.3 Å². The Morgan fingerprint density at radius 2 is 2.02 bits per heavy atom. The number of halogens is 1. The molecule has 0 radical (unpaired) electrons. The first-order valence-electron chi connectivity index (χ1n) is 14.6. The lowest BCUT2D eigenvalue weighted by Crippen LogP contribution is -2.45. The highest BCUT2D eigenvalue weighted by molar-refractivity contribution is 7.90. The number of methoxy groups -OCH3 is 1. The quantitative estimate of drug-likeness (QED) is 0.367. The number of hydrogen-bond acceptors (Lipinski definition) is 9. The Hall–Kier alpha value is -3.38. The van der Waals surface area contributed by atoms with E-state index in [1.807, 2.05) is 12.2 Å². The summed E-state index contributed by atoms with van der Waals surface area (Å²) >= 11 is 6.29. The maximum absolute atomic E-state index is 13.9. The van der Waals surface area contributed by atoms with Crippen LogP contribution in [-0.2, 0) is 24.3 Å². The number of pyridine rings is 1. The van der Waals surface area contributed by atoms with Gasteiger partial charge >= 0.3 is 6.09 Å². The standard InChI is InChI=1S/C30H34ClN3O8S/c1-40-20-7-10-23-18(12-20)13-26(31)32-27(23)42-21-14-24-25(35)16-30(28(36)33-43(38,39)22-8-9-22)15-19(30)6-4-2-3-5-11-41-29(37)34(24)17-21/h4,6-7,10,12-13,19,21-22,24H,2-3,5,8-9,11,14-17H2,1H3,(H,33,36)/b6-4-/t19-,21-,24+,30-/m1/s1. The Bertz CT molecular complexity index is 1590. The molecule has 3 fully saturated rings. The minimum Gasteiger partial charge on any atom is -0.497 e. The van der Waals surface area contributed by atoms with E-state index in [1.165, 1.54) is 4.90 Å². The first-order chi connectivity index (χ1) is 20.6. The molecule has 1 aromatic carbocycles. The van der Waals surface area contributed by atoms with E-state index in [4.69, 9.17) is 25.8 Å². The van der Waals surface area contributed by atoms with E-state index >= 15 is 0 Å². The molecule has 230 valence electrons. The van der Waals surface area contributed by atoms with E-state index in [2.05, 4.69) is 9.71 Å². The molecule has 2 saturated carbocycles. The second-order valence-electron chi connectivity index (χ2n) is 11.8. The van der Waals surface area contributed by atoms with Crippen molar-refractivity contribution in [2.45, 2.75) is 68.8 Å². The molecule has 0 bridgehead atoms. The Morgan fingerprint density at radius 3 is 2.79 bits per heavy atom. The number of aromatic nitrogens is 1. The van der Waals surface area contributed by atoms with Crippen molar-refractivity contribution in [3.63, 3.8) is 0 Å². The molecule has 2 aliphatic carbocycles. The predicted molar refractivity (Wildman–Crippen MR) is 157 cm³/mol. The highest BCUT2D eigenvalue weighted by Crippen LogP contribution is 2.57. The largest absolute Gasteiger partial charge is 0.497 e. The Balaban J connectivity index is 1.26.